The summed E-state index contributed by atoms with van der Waals surface area (Å²) in [7, 11) is 0. The van der Waals surface area contributed by atoms with Gasteiger partial charge in [-0.05, 0) is 18.2 Å². The van der Waals surface area contributed by atoms with E-state index in [4.69, 9.17) is 16.9 Å². The molecule has 98 valence electrons. The average molecular weight is 312 g/mol. The van der Waals surface area contributed by atoms with Crippen LogP contribution >= 0.6 is 34.7 Å². The highest BCUT2D eigenvalue weighted by Crippen LogP contribution is 2.30. The number of amides is 1. The largest absolute Gasteiger partial charge is 0.354 e. The van der Waals surface area contributed by atoms with Crippen LogP contribution in [0, 0.1) is 11.3 Å². The number of halogens is 1. The molecule has 1 heterocycles. The summed E-state index contributed by atoms with van der Waals surface area (Å²) in [6.07, 6.45) is 0.329. The van der Waals surface area contributed by atoms with Gasteiger partial charge in [0.25, 0.3) is 0 Å². The predicted octanol–water partition coefficient (Wildman–Crippen LogP) is 3.07. The normalized spacial score (nSPS) is 10.3. The second-order valence-electron chi connectivity index (χ2n) is 3.64. The summed E-state index contributed by atoms with van der Waals surface area (Å²) in [6, 6.07) is 7.53. The number of thioether (sulfide) groups is 1. The molecular weight excluding hydrogens is 302 g/mol. The number of thiazole rings is 1. The molecule has 7 heteroatoms. The molecule has 2 rings (SSSR count). The number of hydrogen-bond acceptors (Lipinski definition) is 5. The van der Waals surface area contributed by atoms with Crippen LogP contribution in [0.3, 0.4) is 0 Å². The molecule has 19 heavy (non-hydrogen) atoms. The SMILES string of the molecule is N#CCCNC(=O)CSc1nc2cc(Cl)ccc2s1. The average Bonchev–Trinajstić information content (AvgIpc) is 2.78. The van der Waals surface area contributed by atoms with E-state index < -0.39 is 0 Å². The van der Waals surface area contributed by atoms with Crippen LogP contribution < -0.4 is 5.32 Å². The van der Waals surface area contributed by atoms with Crippen molar-refractivity contribution in [2.24, 2.45) is 0 Å². The van der Waals surface area contributed by atoms with Gasteiger partial charge in [0.15, 0.2) is 4.34 Å². The summed E-state index contributed by atoms with van der Waals surface area (Å²) < 4.78 is 1.89. The zero-order chi connectivity index (χ0) is 13.7. The van der Waals surface area contributed by atoms with E-state index >= 15 is 0 Å². The Morgan fingerprint density at radius 3 is 3.21 bits per heavy atom. The van der Waals surface area contributed by atoms with Crippen LogP contribution in [-0.4, -0.2) is 23.2 Å². The van der Waals surface area contributed by atoms with Gasteiger partial charge in [-0.3, -0.25) is 4.79 Å². The van der Waals surface area contributed by atoms with Gasteiger partial charge in [0.2, 0.25) is 5.91 Å². The minimum atomic E-state index is -0.0856. The van der Waals surface area contributed by atoms with E-state index in [0.29, 0.717) is 23.7 Å². The number of nitrogens with one attached hydrogen (secondary N) is 1. The third-order valence-corrected chi connectivity index (χ3v) is 4.63. The molecule has 2 aromatic rings. The molecule has 0 atom stereocenters. The number of fused-ring (bicyclic) bond motifs is 1. The summed E-state index contributed by atoms with van der Waals surface area (Å²) in [5.74, 6) is 0.219. The van der Waals surface area contributed by atoms with Gasteiger partial charge in [-0.1, -0.05) is 23.4 Å². The first-order chi connectivity index (χ1) is 9.19. The van der Waals surface area contributed by atoms with Crippen molar-refractivity contribution in [2.75, 3.05) is 12.3 Å². The minimum Gasteiger partial charge on any atom is -0.354 e. The Bertz CT molecular complexity index is 635. The van der Waals surface area contributed by atoms with Crippen molar-refractivity contribution in [1.29, 1.82) is 5.26 Å². The zero-order valence-electron chi connectivity index (χ0n) is 9.85. The Kier molecular flexibility index (Phi) is 5.02. The lowest BCUT2D eigenvalue weighted by Gasteiger charge is -2.00. The van der Waals surface area contributed by atoms with E-state index in [2.05, 4.69) is 10.3 Å². The monoisotopic (exact) mass is 311 g/mol. The molecule has 0 saturated carbocycles. The first kappa shape index (κ1) is 14.1. The fourth-order valence-corrected chi connectivity index (χ4v) is 3.42. The van der Waals surface area contributed by atoms with E-state index in [1.54, 1.807) is 0 Å². The molecule has 0 aliphatic heterocycles. The minimum absolute atomic E-state index is 0.0856. The van der Waals surface area contributed by atoms with Crippen LogP contribution in [0.2, 0.25) is 5.02 Å². The summed E-state index contributed by atoms with van der Waals surface area (Å²) >= 11 is 8.82. The van der Waals surface area contributed by atoms with Crippen molar-refractivity contribution in [2.45, 2.75) is 10.8 Å². The maximum atomic E-state index is 11.5. The van der Waals surface area contributed by atoms with Gasteiger partial charge < -0.3 is 5.32 Å². The number of hydrogen-bond donors (Lipinski definition) is 1. The highest BCUT2D eigenvalue weighted by molar-refractivity contribution is 8.01. The first-order valence-electron chi connectivity index (χ1n) is 5.51. The molecule has 1 aromatic carbocycles. The molecule has 0 unspecified atom stereocenters. The molecular formula is C12H10ClN3OS2. The Morgan fingerprint density at radius 2 is 2.42 bits per heavy atom. The van der Waals surface area contributed by atoms with Gasteiger partial charge >= 0.3 is 0 Å². The van der Waals surface area contributed by atoms with Crippen molar-refractivity contribution >= 4 is 50.8 Å². The summed E-state index contributed by atoms with van der Waals surface area (Å²) in [6.45, 7) is 0.394. The number of nitriles is 1. The number of benzene rings is 1. The predicted molar refractivity (Wildman–Crippen MR) is 78.6 cm³/mol. The van der Waals surface area contributed by atoms with Gasteiger partial charge in [0, 0.05) is 11.6 Å². The number of carbonyl (C=O) groups excluding carboxylic acids is 1. The number of aromatic nitrogens is 1. The molecule has 0 spiro atoms. The smallest absolute Gasteiger partial charge is 0.230 e. The first-order valence-corrected chi connectivity index (χ1v) is 7.69. The van der Waals surface area contributed by atoms with Gasteiger partial charge in [-0.2, -0.15) is 5.26 Å². The summed E-state index contributed by atoms with van der Waals surface area (Å²) in [5.41, 5.74) is 0.852. The Hall–Kier alpha value is -1.29. The lowest BCUT2D eigenvalue weighted by molar-refractivity contribution is -0.118. The quantitative estimate of drug-likeness (QED) is 0.681. The maximum Gasteiger partial charge on any atom is 0.230 e. The molecule has 0 fully saturated rings. The summed E-state index contributed by atoms with van der Waals surface area (Å²) in [5, 5.41) is 11.7. The van der Waals surface area contributed by atoms with Crippen LogP contribution in [0.5, 0.6) is 0 Å². The molecule has 0 saturated heterocycles. The molecule has 0 aliphatic rings. The molecule has 0 bridgehead atoms. The number of carbonyl (C=O) groups is 1. The van der Waals surface area contributed by atoms with E-state index in [1.165, 1.54) is 23.1 Å². The molecule has 4 nitrogen and oxygen atoms in total. The van der Waals surface area contributed by atoms with Crippen LogP contribution in [0.15, 0.2) is 22.5 Å². The lowest BCUT2D eigenvalue weighted by atomic mass is 10.3. The van der Waals surface area contributed by atoms with Crippen molar-refractivity contribution in [3.8, 4) is 6.07 Å². The fraction of sp³-hybridized carbons (Fsp3) is 0.250. The molecule has 0 radical (unpaired) electrons. The Labute approximate surface area is 123 Å². The molecule has 1 amide bonds. The van der Waals surface area contributed by atoms with Crippen LogP contribution in [0.1, 0.15) is 6.42 Å². The third-order valence-electron chi connectivity index (χ3n) is 2.22. The van der Waals surface area contributed by atoms with Crippen LogP contribution in [-0.2, 0) is 4.79 Å². The van der Waals surface area contributed by atoms with Crippen molar-refractivity contribution in [1.82, 2.24) is 10.3 Å². The zero-order valence-corrected chi connectivity index (χ0v) is 12.2. The Balaban J connectivity index is 1.91. The van der Waals surface area contributed by atoms with E-state index in [9.17, 15) is 4.79 Å². The number of nitrogens with zero attached hydrogens (tertiary/aromatic N) is 2. The van der Waals surface area contributed by atoms with Gasteiger partial charge in [-0.25, -0.2) is 4.98 Å². The van der Waals surface area contributed by atoms with Crippen molar-refractivity contribution < 1.29 is 4.79 Å². The Morgan fingerprint density at radius 1 is 1.58 bits per heavy atom. The van der Waals surface area contributed by atoms with Crippen LogP contribution in [0.25, 0.3) is 10.2 Å². The maximum absolute atomic E-state index is 11.5. The number of rotatable bonds is 5. The molecule has 0 aliphatic carbocycles. The van der Waals surface area contributed by atoms with Crippen molar-refractivity contribution in [3.05, 3.63) is 23.2 Å². The van der Waals surface area contributed by atoms with Gasteiger partial charge in [0.1, 0.15) is 0 Å². The molecule has 1 N–H and O–H groups in total. The topological polar surface area (TPSA) is 65.8 Å². The highest BCUT2D eigenvalue weighted by Gasteiger charge is 2.07. The fourth-order valence-electron chi connectivity index (χ4n) is 1.38. The lowest BCUT2D eigenvalue weighted by Crippen LogP contribution is -2.25. The van der Waals surface area contributed by atoms with Crippen molar-refractivity contribution in [3.63, 3.8) is 0 Å². The van der Waals surface area contributed by atoms with Gasteiger partial charge in [0.05, 0.1) is 28.5 Å². The third kappa shape index (κ3) is 4.10. The summed E-state index contributed by atoms with van der Waals surface area (Å²) in [4.78, 5) is 15.9. The van der Waals surface area contributed by atoms with E-state index in [1.807, 2.05) is 24.3 Å². The van der Waals surface area contributed by atoms with Crippen LogP contribution in [0.4, 0.5) is 0 Å². The standard InChI is InChI=1S/C12H10ClN3OS2/c13-8-2-3-10-9(6-8)16-12(19-10)18-7-11(17)15-5-1-4-14/h2-3,6H,1,5,7H2,(H,15,17). The van der Waals surface area contributed by atoms with E-state index in [-0.39, 0.29) is 5.91 Å². The second-order valence-corrected chi connectivity index (χ2v) is 6.33. The molecule has 1 aromatic heterocycles. The highest BCUT2D eigenvalue weighted by atomic mass is 35.5. The van der Waals surface area contributed by atoms with E-state index in [0.717, 1.165) is 14.6 Å². The van der Waals surface area contributed by atoms with Gasteiger partial charge in [-0.15, -0.1) is 11.3 Å². The second kappa shape index (κ2) is 6.75.